The van der Waals surface area contributed by atoms with Crippen molar-refractivity contribution >= 4 is 41.7 Å². The van der Waals surface area contributed by atoms with Gasteiger partial charge in [-0.2, -0.15) is 21.4 Å². The molecule has 0 bridgehead atoms. The van der Waals surface area contributed by atoms with Crippen LogP contribution in [-0.4, -0.2) is 45.3 Å². The normalized spacial score (nSPS) is 16.9. The number of rotatable bonds is 6. The lowest BCUT2D eigenvalue weighted by Crippen LogP contribution is -2.25. The third-order valence-corrected chi connectivity index (χ3v) is 4.91. The molecular weight excluding hydrogens is 282 g/mol. The van der Waals surface area contributed by atoms with Crippen LogP contribution in [0.4, 0.5) is 0 Å². The van der Waals surface area contributed by atoms with Crippen LogP contribution in [0.25, 0.3) is 5.57 Å². The number of unbranched alkanes of at least 4 members (excludes halogenated alkanes) is 1. The van der Waals surface area contributed by atoms with Crippen molar-refractivity contribution in [2.75, 3.05) is 31.6 Å². The van der Waals surface area contributed by atoms with E-state index >= 15 is 0 Å². The molecule has 0 atom stereocenters. The fourth-order valence-electron chi connectivity index (χ4n) is 1.92. The van der Waals surface area contributed by atoms with Crippen LogP contribution in [-0.2, 0) is 0 Å². The molecule has 0 saturated carbocycles. The van der Waals surface area contributed by atoms with Gasteiger partial charge in [0.25, 0.3) is 0 Å². The summed E-state index contributed by atoms with van der Waals surface area (Å²) >= 11 is 7.39. The highest BCUT2D eigenvalue weighted by molar-refractivity contribution is 7.99. The molecule has 1 aliphatic heterocycles. The van der Waals surface area contributed by atoms with Crippen LogP contribution in [0.5, 0.6) is 0 Å². The van der Waals surface area contributed by atoms with Crippen LogP contribution in [0.1, 0.15) is 25.0 Å². The predicted molar refractivity (Wildman–Crippen MR) is 83.8 cm³/mol. The van der Waals surface area contributed by atoms with Crippen LogP contribution in [0.2, 0.25) is 0 Å². The number of nitrogens with zero attached hydrogens (tertiary/aromatic N) is 3. The third kappa shape index (κ3) is 3.98. The van der Waals surface area contributed by atoms with Gasteiger partial charge in [-0.1, -0.05) is 6.08 Å². The van der Waals surface area contributed by atoms with E-state index in [1.807, 2.05) is 11.8 Å². The van der Waals surface area contributed by atoms with E-state index in [2.05, 4.69) is 39.4 Å². The van der Waals surface area contributed by atoms with Crippen molar-refractivity contribution in [3.8, 4) is 0 Å². The van der Waals surface area contributed by atoms with E-state index in [1.54, 1.807) is 0 Å². The minimum Gasteiger partial charge on any atom is -0.302 e. The number of hydrogen-bond acceptors (Lipinski definition) is 6. The topological polar surface area (TPSA) is 29.0 Å². The molecule has 1 aromatic rings. The molecule has 0 saturated heterocycles. The van der Waals surface area contributed by atoms with Crippen LogP contribution >= 0.6 is 36.1 Å². The second-order valence-corrected chi connectivity index (χ2v) is 6.51. The quantitative estimate of drug-likeness (QED) is 0.497. The minimum atomic E-state index is 0.971. The summed E-state index contributed by atoms with van der Waals surface area (Å²) in [5.41, 5.74) is 2.46. The van der Waals surface area contributed by atoms with E-state index in [0.717, 1.165) is 41.7 Å². The molecule has 0 aromatic carbocycles. The van der Waals surface area contributed by atoms with Gasteiger partial charge in [0.1, 0.15) is 10.7 Å². The molecule has 0 aliphatic carbocycles. The Hall–Kier alpha value is -0.0400. The maximum Gasteiger partial charge on any atom is 0.138 e. The third-order valence-electron chi connectivity index (χ3n) is 2.90. The first-order valence-electron chi connectivity index (χ1n) is 6.25. The van der Waals surface area contributed by atoms with Crippen molar-refractivity contribution in [3.05, 3.63) is 11.8 Å². The van der Waals surface area contributed by atoms with Gasteiger partial charge in [0.05, 0.1) is 11.7 Å². The van der Waals surface area contributed by atoms with Gasteiger partial charge in [0, 0.05) is 13.1 Å². The van der Waals surface area contributed by atoms with Crippen molar-refractivity contribution in [1.29, 1.82) is 0 Å². The Morgan fingerprint density at radius 3 is 3.11 bits per heavy atom. The number of likely N-dealkylation sites (N-methyl/N-ethyl adjacent to an activating group) is 1. The molecule has 3 nitrogen and oxygen atoms in total. The summed E-state index contributed by atoms with van der Waals surface area (Å²) < 4.78 is 8.90. The lowest BCUT2D eigenvalue weighted by atomic mass is 10.1. The lowest BCUT2D eigenvalue weighted by Gasteiger charge is -2.22. The Bertz CT molecular complexity index is 403. The van der Waals surface area contributed by atoms with E-state index in [1.165, 1.54) is 30.1 Å². The van der Waals surface area contributed by atoms with Crippen molar-refractivity contribution < 1.29 is 0 Å². The summed E-state index contributed by atoms with van der Waals surface area (Å²) in [7, 11) is 2.16. The van der Waals surface area contributed by atoms with Crippen molar-refractivity contribution in [2.24, 2.45) is 0 Å². The van der Waals surface area contributed by atoms with Gasteiger partial charge in [0.15, 0.2) is 0 Å². The average Bonchev–Trinajstić information content (AvgIpc) is 2.83. The lowest BCUT2D eigenvalue weighted by molar-refractivity contribution is 0.372. The molecule has 1 aromatic heterocycles. The number of aromatic nitrogens is 2. The summed E-state index contributed by atoms with van der Waals surface area (Å²) in [4.78, 5) is 2.34. The fourth-order valence-corrected chi connectivity index (χ4v) is 3.85. The van der Waals surface area contributed by atoms with Gasteiger partial charge in [0.2, 0.25) is 0 Å². The number of thiol groups is 1. The number of thioether (sulfide) groups is 1. The van der Waals surface area contributed by atoms with Crippen LogP contribution in [0.3, 0.4) is 0 Å². The highest BCUT2D eigenvalue weighted by Gasteiger charge is 2.17. The van der Waals surface area contributed by atoms with Crippen LogP contribution < -0.4 is 0 Å². The summed E-state index contributed by atoms with van der Waals surface area (Å²) in [5, 5.41) is 1.11. The highest BCUT2D eigenvalue weighted by atomic mass is 32.2. The molecule has 0 amide bonds. The molecule has 0 N–H and O–H groups in total. The Kier molecular flexibility index (Phi) is 6.01. The first kappa shape index (κ1) is 14.4. The predicted octanol–water partition coefficient (Wildman–Crippen LogP) is 3.06. The van der Waals surface area contributed by atoms with Gasteiger partial charge in [-0.25, -0.2) is 0 Å². The minimum absolute atomic E-state index is 0.971. The second-order valence-electron chi connectivity index (χ2n) is 4.45. The molecule has 1 aliphatic rings. The first-order valence-corrected chi connectivity index (χ1v) is 8.60. The van der Waals surface area contributed by atoms with Crippen molar-refractivity contribution in [2.45, 2.75) is 24.3 Å². The zero-order chi connectivity index (χ0) is 12.8. The second kappa shape index (κ2) is 7.53. The maximum atomic E-state index is 4.47. The summed E-state index contributed by atoms with van der Waals surface area (Å²) in [6.07, 6.45) is 5.81. The Morgan fingerprint density at radius 1 is 1.44 bits per heavy atom. The van der Waals surface area contributed by atoms with Crippen molar-refractivity contribution in [1.82, 2.24) is 13.6 Å². The van der Waals surface area contributed by atoms with E-state index in [-0.39, 0.29) is 0 Å². The summed E-state index contributed by atoms with van der Waals surface area (Å²) in [6.45, 7) is 2.14. The van der Waals surface area contributed by atoms with Crippen LogP contribution in [0, 0.1) is 0 Å². The van der Waals surface area contributed by atoms with E-state index in [9.17, 15) is 0 Å². The number of hydrogen-bond donors (Lipinski definition) is 1. The monoisotopic (exact) mass is 301 g/mol. The maximum absolute atomic E-state index is 4.47. The molecule has 6 heteroatoms. The van der Waals surface area contributed by atoms with Gasteiger partial charge < -0.3 is 4.90 Å². The molecule has 2 heterocycles. The molecule has 100 valence electrons. The fraction of sp³-hybridized carbons (Fsp3) is 0.667. The molecular formula is C12H19N3S3. The smallest absolute Gasteiger partial charge is 0.138 e. The van der Waals surface area contributed by atoms with Gasteiger partial charge in [-0.3, -0.25) is 0 Å². The van der Waals surface area contributed by atoms with Crippen LogP contribution in [0.15, 0.2) is 11.1 Å². The largest absolute Gasteiger partial charge is 0.302 e. The van der Waals surface area contributed by atoms with E-state index in [4.69, 9.17) is 0 Å². The van der Waals surface area contributed by atoms with Gasteiger partial charge in [-0.15, -0.1) is 11.8 Å². The molecule has 0 fully saturated rings. The van der Waals surface area contributed by atoms with Gasteiger partial charge >= 0.3 is 0 Å². The molecule has 0 spiro atoms. The Balaban J connectivity index is 1.96. The van der Waals surface area contributed by atoms with Crippen molar-refractivity contribution in [3.63, 3.8) is 0 Å². The standard InChI is InChI=1S/C12H19N3S3/c1-15-6-4-5-10(9-15)11-12(14-18-13-11)17-8-3-2-7-16/h5,16H,2-4,6-9H2,1H3. The molecule has 2 rings (SSSR count). The molecule has 0 radical (unpaired) electrons. The zero-order valence-electron chi connectivity index (χ0n) is 10.6. The van der Waals surface area contributed by atoms with E-state index < -0.39 is 0 Å². The summed E-state index contributed by atoms with van der Waals surface area (Å²) in [6, 6.07) is 0. The molecule has 0 unspecified atom stereocenters. The van der Waals surface area contributed by atoms with Gasteiger partial charge in [-0.05, 0) is 43.4 Å². The first-order chi connectivity index (χ1) is 8.81. The highest BCUT2D eigenvalue weighted by Crippen LogP contribution is 2.29. The average molecular weight is 302 g/mol. The zero-order valence-corrected chi connectivity index (χ0v) is 13.2. The Labute approximate surface area is 123 Å². The molecule has 18 heavy (non-hydrogen) atoms. The SMILES string of the molecule is CN1CCC=C(c2nsnc2SCCCCS)C1. The Morgan fingerprint density at radius 2 is 2.33 bits per heavy atom. The van der Waals surface area contributed by atoms with E-state index in [0.29, 0.717) is 0 Å². The summed E-state index contributed by atoms with van der Waals surface area (Å²) in [5.74, 6) is 2.08.